The average molecular weight is 260 g/mol. The monoisotopic (exact) mass is 260 g/mol. The van der Waals surface area contributed by atoms with Gasteiger partial charge in [-0.05, 0) is 67.8 Å². The first-order valence-electron chi connectivity index (χ1n) is 7.65. The molecular weight excluding hydrogens is 239 g/mol. The lowest BCUT2D eigenvalue weighted by atomic mass is 9.50. The second kappa shape index (κ2) is 4.31. The first kappa shape index (κ1) is 11.9. The maximum atomic E-state index is 13.9. The van der Waals surface area contributed by atoms with Gasteiger partial charge >= 0.3 is 0 Å². The second-order valence-electron chi connectivity index (χ2n) is 6.97. The first-order valence-corrected chi connectivity index (χ1v) is 7.65. The third-order valence-electron chi connectivity index (χ3n) is 5.89. The Balaban J connectivity index is 1.64. The molecule has 4 bridgehead atoms. The van der Waals surface area contributed by atoms with Crippen LogP contribution in [0.5, 0.6) is 0 Å². The summed E-state index contributed by atoms with van der Waals surface area (Å²) in [6.07, 6.45) is 5.88. The summed E-state index contributed by atoms with van der Waals surface area (Å²) in [6.45, 7) is 0. The van der Waals surface area contributed by atoms with Crippen molar-refractivity contribution in [2.45, 2.75) is 38.2 Å². The van der Waals surface area contributed by atoms with Gasteiger partial charge in [-0.3, -0.25) is 0 Å². The number of benzene rings is 1. The highest BCUT2D eigenvalue weighted by atomic mass is 19.1. The van der Waals surface area contributed by atoms with Crippen molar-refractivity contribution in [1.82, 2.24) is 0 Å². The van der Waals surface area contributed by atoms with E-state index in [1.54, 1.807) is 12.1 Å². The predicted molar refractivity (Wildman–Crippen MR) is 71.9 cm³/mol. The predicted octanol–water partition coefficient (Wildman–Crippen LogP) is 3.93. The largest absolute Gasteiger partial charge is 0.388 e. The maximum Gasteiger partial charge on any atom is 0.129 e. The van der Waals surface area contributed by atoms with Crippen LogP contribution in [0.3, 0.4) is 0 Å². The summed E-state index contributed by atoms with van der Waals surface area (Å²) in [4.78, 5) is 0. The van der Waals surface area contributed by atoms with Gasteiger partial charge in [-0.1, -0.05) is 18.2 Å². The van der Waals surface area contributed by atoms with Crippen molar-refractivity contribution in [1.29, 1.82) is 0 Å². The molecule has 1 aromatic carbocycles. The fourth-order valence-electron chi connectivity index (χ4n) is 5.41. The van der Waals surface area contributed by atoms with Crippen LogP contribution >= 0.6 is 0 Å². The van der Waals surface area contributed by atoms with Gasteiger partial charge in [0.25, 0.3) is 0 Å². The van der Waals surface area contributed by atoms with Gasteiger partial charge in [0.05, 0.1) is 6.10 Å². The van der Waals surface area contributed by atoms with Crippen LogP contribution in [0.1, 0.15) is 43.8 Å². The van der Waals surface area contributed by atoms with Gasteiger partial charge in [0.2, 0.25) is 0 Å². The summed E-state index contributed by atoms with van der Waals surface area (Å²) in [5.41, 5.74) is 0.514. The zero-order chi connectivity index (χ0) is 13.0. The molecule has 0 amide bonds. The van der Waals surface area contributed by atoms with Crippen molar-refractivity contribution in [2.24, 2.45) is 29.6 Å². The van der Waals surface area contributed by atoms with Crippen LogP contribution in [0.4, 0.5) is 4.39 Å². The van der Waals surface area contributed by atoms with Gasteiger partial charge < -0.3 is 5.11 Å². The Hall–Kier alpha value is -0.890. The molecule has 0 aliphatic heterocycles. The molecule has 1 nitrogen and oxygen atoms in total. The summed E-state index contributed by atoms with van der Waals surface area (Å²) in [6, 6.07) is 6.75. The highest BCUT2D eigenvalue weighted by Crippen LogP contribution is 2.59. The van der Waals surface area contributed by atoms with Crippen LogP contribution in [0.2, 0.25) is 0 Å². The van der Waals surface area contributed by atoms with Gasteiger partial charge in [-0.2, -0.15) is 0 Å². The molecule has 0 radical (unpaired) electrons. The third-order valence-corrected chi connectivity index (χ3v) is 5.89. The Kier molecular flexibility index (Phi) is 2.70. The molecule has 102 valence electrons. The van der Waals surface area contributed by atoms with Gasteiger partial charge in [-0.15, -0.1) is 0 Å². The normalized spacial score (nSPS) is 41.5. The van der Waals surface area contributed by atoms with Gasteiger partial charge in [0, 0.05) is 5.56 Å². The molecular formula is C17H21FO. The molecule has 4 aliphatic carbocycles. The van der Waals surface area contributed by atoms with Crippen LogP contribution in [0, 0.1) is 35.4 Å². The van der Waals surface area contributed by atoms with E-state index in [9.17, 15) is 9.50 Å². The number of aliphatic hydroxyl groups is 1. The number of aliphatic hydroxyl groups excluding tert-OH is 1. The minimum Gasteiger partial charge on any atom is -0.388 e. The van der Waals surface area contributed by atoms with Crippen LogP contribution in [0.25, 0.3) is 0 Å². The average Bonchev–Trinajstić information content (AvgIpc) is 2.37. The van der Waals surface area contributed by atoms with E-state index >= 15 is 0 Å². The lowest BCUT2D eigenvalue weighted by Crippen LogP contribution is -2.47. The molecule has 0 heterocycles. The lowest BCUT2D eigenvalue weighted by molar-refractivity contribution is -0.0915. The van der Waals surface area contributed by atoms with Crippen molar-refractivity contribution >= 4 is 0 Å². The number of rotatable bonds is 2. The molecule has 4 saturated carbocycles. The fraction of sp³-hybridized carbons (Fsp3) is 0.647. The highest BCUT2D eigenvalue weighted by molar-refractivity contribution is 5.21. The van der Waals surface area contributed by atoms with Crippen molar-refractivity contribution in [3.8, 4) is 0 Å². The summed E-state index contributed by atoms with van der Waals surface area (Å²) in [7, 11) is 0. The SMILES string of the molecule is OC(c1ccccc1F)C1C2CC3CC(C2)CC1C3. The lowest BCUT2D eigenvalue weighted by Gasteiger charge is -2.55. The molecule has 0 aromatic heterocycles. The smallest absolute Gasteiger partial charge is 0.129 e. The Labute approximate surface area is 113 Å². The minimum absolute atomic E-state index is 0.246. The van der Waals surface area contributed by atoms with Crippen LogP contribution in [0.15, 0.2) is 24.3 Å². The Morgan fingerprint density at radius 1 is 0.947 bits per heavy atom. The van der Waals surface area contributed by atoms with E-state index in [0.717, 1.165) is 11.8 Å². The van der Waals surface area contributed by atoms with Crippen LogP contribution in [-0.4, -0.2) is 5.11 Å². The van der Waals surface area contributed by atoms with Crippen LogP contribution in [-0.2, 0) is 0 Å². The molecule has 1 aromatic rings. The zero-order valence-electron chi connectivity index (χ0n) is 11.1. The molecule has 1 atom stereocenters. The molecule has 2 heteroatoms. The summed E-state index contributed by atoms with van der Waals surface area (Å²) < 4.78 is 13.9. The van der Waals surface area contributed by atoms with E-state index in [1.165, 1.54) is 38.2 Å². The van der Waals surface area contributed by atoms with E-state index in [4.69, 9.17) is 0 Å². The molecule has 4 fully saturated rings. The number of halogens is 1. The molecule has 0 saturated heterocycles. The zero-order valence-corrected chi connectivity index (χ0v) is 11.1. The summed E-state index contributed by atoms with van der Waals surface area (Å²) in [5, 5.41) is 10.7. The van der Waals surface area contributed by atoms with E-state index in [1.807, 2.05) is 6.07 Å². The van der Waals surface area contributed by atoms with Crippen LogP contribution < -0.4 is 0 Å². The standard InChI is InChI=1S/C17H21FO/c18-15-4-2-1-3-14(15)17(19)16-12-6-10-5-11(8-12)9-13(16)7-10/h1-4,10-13,16-17,19H,5-9H2. The Morgan fingerprint density at radius 2 is 1.53 bits per heavy atom. The van der Waals surface area contributed by atoms with Crippen molar-refractivity contribution in [2.75, 3.05) is 0 Å². The van der Waals surface area contributed by atoms with E-state index in [-0.39, 0.29) is 5.82 Å². The highest BCUT2D eigenvalue weighted by Gasteiger charge is 2.50. The Morgan fingerprint density at radius 3 is 2.11 bits per heavy atom. The van der Waals surface area contributed by atoms with E-state index in [0.29, 0.717) is 23.3 Å². The third kappa shape index (κ3) is 1.84. The summed E-state index contributed by atoms with van der Waals surface area (Å²) in [5.74, 6) is 3.10. The quantitative estimate of drug-likeness (QED) is 0.854. The van der Waals surface area contributed by atoms with Gasteiger partial charge in [-0.25, -0.2) is 4.39 Å². The second-order valence-corrected chi connectivity index (χ2v) is 6.97. The van der Waals surface area contributed by atoms with E-state index in [2.05, 4.69) is 0 Å². The number of hydrogen-bond acceptors (Lipinski definition) is 1. The Bertz CT molecular complexity index is 456. The fourth-order valence-corrected chi connectivity index (χ4v) is 5.41. The minimum atomic E-state index is -0.601. The number of hydrogen-bond donors (Lipinski definition) is 1. The summed E-state index contributed by atoms with van der Waals surface area (Å²) >= 11 is 0. The molecule has 0 spiro atoms. The topological polar surface area (TPSA) is 20.2 Å². The van der Waals surface area contributed by atoms with Crippen molar-refractivity contribution < 1.29 is 9.50 Å². The van der Waals surface area contributed by atoms with Gasteiger partial charge in [0.15, 0.2) is 0 Å². The molecule has 4 aliphatic rings. The first-order chi connectivity index (χ1) is 9.22. The molecule has 1 N–H and O–H groups in total. The van der Waals surface area contributed by atoms with Crippen molar-refractivity contribution in [3.63, 3.8) is 0 Å². The molecule has 1 unspecified atom stereocenters. The van der Waals surface area contributed by atoms with E-state index < -0.39 is 6.10 Å². The van der Waals surface area contributed by atoms with Crippen molar-refractivity contribution in [3.05, 3.63) is 35.6 Å². The van der Waals surface area contributed by atoms with Gasteiger partial charge in [0.1, 0.15) is 5.82 Å². The maximum absolute atomic E-state index is 13.9. The molecule has 5 rings (SSSR count). The molecule has 19 heavy (non-hydrogen) atoms.